The van der Waals surface area contributed by atoms with E-state index in [1.807, 2.05) is 0 Å². The summed E-state index contributed by atoms with van der Waals surface area (Å²) in [6, 6.07) is 29.0. The molecule has 0 amide bonds. The van der Waals surface area contributed by atoms with Gasteiger partial charge in [-0.05, 0) is 53.1 Å². The molecule has 0 radical (unpaired) electrons. The molecule has 3 heteroatoms. The number of hydrogen-bond acceptors (Lipinski definition) is 2. The van der Waals surface area contributed by atoms with Gasteiger partial charge in [-0.1, -0.05) is 66.7 Å². The Morgan fingerprint density at radius 3 is 1.31 bits per heavy atom. The molecule has 0 N–H and O–H groups in total. The number of rotatable bonds is 9. The van der Waals surface area contributed by atoms with E-state index in [2.05, 4.69) is 116 Å². The molecular weight excluding hydrogens is 371 g/mol. The van der Waals surface area contributed by atoms with E-state index in [4.69, 9.17) is 0 Å². The van der Waals surface area contributed by atoms with Crippen molar-refractivity contribution in [3.8, 4) is 0 Å². The van der Waals surface area contributed by atoms with E-state index in [0.717, 1.165) is 26.2 Å². The summed E-state index contributed by atoms with van der Waals surface area (Å²) in [4.78, 5) is 4.96. The largest absolute Gasteiger partial charge is 0.372 e. The molecule has 0 unspecified atom stereocenters. The number of anilines is 2. The average molecular weight is 405 g/mol. The second-order valence-corrected chi connectivity index (χ2v) is 9.14. The summed E-state index contributed by atoms with van der Waals surface area (Å²) in [6.45, 7) is 13.0. The minimum absolute atomic E-state index is 0.659. The van der Waals surface area contributed by atoms with Gasteiger partial charge in [0.25, 0.3) is 0 Å². The van der Waals surface area contributed by atoms with E-state index in [-0.39, 0.29) is 0 Å². The lowest BCUT2D eigenvalue weighted by atomic mass is 10.3. The zero-order valence-corrected chi connectivity index (χ0v) is 19.1. The number of benzene rings is 3. The van der Waals surface area contributed by atoms with E-state index in [1.165, 1.54) is 27.3 Å². The maximum absolute atomic E-state index is 2.48. The molecule has 29 heavy (non-hydrogen) atoms. The van der Waals surface area contributed by atoms with E-state index in [1.54, 1.807) is 0 Å². The van der Waals surface area contributed by atoms with E-state index >= 15 is 0 Å². The average Bonchev–Trinajstić information content (AvgIpc) is 2.78. The summed E-state index contributed by atoms with van der Waals surface area (Å²) in [5.74, 6) is 0. The van der Waals surface area contributed by atoms with Crippen molar-refractivity contribution in [1.82, 2.24) is 0 Å². The molecule has 0 aliphatic rings. The topological polar surface area (TPSA) is 6.48 Å². The van der Waals surface area contributed by atoms with Crippen molar-refractivity contribution in [3.05, 3.63) is 78.9 Å². The number of nitrogens with zero attached hydrogens (tertiary/aromatic N) is 2. The molecule has 0 saturated carbocycles. The molecule has 0 aromatic heterocycles. The van der Waals surface area contributed by atoms with Gasteiger partial charge < -0.3 is 9.80 Å². The van der Waals surface area contributed by atoms with Crippen molar-refractivity contribution >= 4 is 35.2 Å². The number of hydrogen-bond donors (Lipinski definition) is 0. The Bertz CT molecular complexity index is 830. The molecular formula is C26H33N2P. The summed E-state index contributed by atoms with van der Waals surface area (Å²) >= 11 is 0. The summed E-state index contributed by atoms with van der Waals surface area (Å²) < 4.78 is 0. The minimum Gasteiger partial charge on any atom is -0.372 e. The highest BCUT2D eigenvalue weighted by Crippen LogP contribution is 2.39. The van der Waals surface area contributed by atoms with Crippen molar-refractivity contribution in [1.29, 1.82) is 0 Å². The Labute approximate surface area is 177 Å². The number of para-hydroxylation sites is 2. The molecule has 3 rings (SSSR count). The van der Waals surface area contributed by atoms with Crippen LogP contribution in [0.25, 0.3) is 0 Å². The zero-order chi connectivity index (χ0) is 20.6. The van der Waals surface area contributed by atoms with Crippen LogP contribution < -0.4 is 25.7 Å². The molecule has 0 aliphatic heterocycles. The third-order valence-corrected chi connectivity index (χ3v) is 8.00. The zero-order valence-electron chi connectivity index (χ0n) is 18.2. The fourth-order valence-corrected chi connectivity index (χ4v) is 6.60. The predicted octanol–water partition coefficient (Wildman–Crippen LogP) is 5.14. The van der Waals surface area contributed by atoms with Crippen LogP contribution in [0.15, 0.2) is 78.9 Å². The van der Waals surface area contributed by atoms with Crippen LogP contribution in [-0.2, 0) is 0 Å². The van der Waals surface area contributed by atoms with Gasteiger partial charge in [-0.2, -0.15) is 0 Å². The highest BCUT2D eigenvalue weighted by Gasteiger charge is 2.24. The van der Waals surface area contributed by atoms with Crippen LogP contribution in [0.5, 0.6) is 0 Å². The van der Waals surface area contributed by atoms with Crippen molar-refractivity contribution in [3.63, 3.8) is 0 Å². The molecule has 0 fully saturated rings. The third kappa shape index (κ3) is 4.65. The molecule has 0 spiro atoms. The molecule has 0 bridgehead atoms. The normalized spacial score (nSPS) is 10.9. The summed E-state index contributed by atoms with van der Waals surface area (Å²) in [7, 11) is -0.659. The lowest BCUT2D eigenvalue weighted by molar-refractivity contribution is 0.868. The Morgan fingerprint density at radius 2 is 0.897 bits per heavy atom. The Hall–Kier alpha value is -2.31. The maximum Gasteiger partial charge on any atom is 0.0450 e. The first-order valence-electron chi connectivity index (χ1n) is 10.8. The first-order valence-corrected chi connectivity index (χ1v) is 12.1. The monoisotopic (exact) mass is 404 g/mol. The van der Waals surface area contributed by atoms with Crippen LogP contribution in [-0.4, -0.2) is 26.2 Å². The van der Waals surface area contributed by atoms with Crippen LogP contribution in [0.4, 0.5) is 11.4 Å². The lowest BCUT2D eigenvalue weighted by Gasteiger charge is -2.32. The van der Waals surface area contributed by atoms with Gasteiger partial charge in [0, 0.05) is 48.2 Å². The van der Waals surface area contributed by atoms with Gasteiger partial charge in [0.15, 0.2) is 0 Å². The SMILES string of the molecule is CCN(CC)c1ccccc1P(c1ccccc1)c1ccccc1N(CC)CC. The van der Waals surface area contributed by atoms with Gasteiger partial charge in [-0.25, -0.2) is 0 Å². The molecule has 152 valence electrons. The third-order valence-electron chi connectivity index (χ3n) is 5.47. The lowest BCUT2D eigenvalue weighted by Crippen LogP contribution is -2.33. The van der Waals surface area contributed by atoms with Crippen LogP contribution in [0.2, 0.25) is 0 Å². The second-order valence-electron chi connectivity index (χ2n) is 6.99. The Kier molecular flexibility index (Phi) is 7.72. The summed E-state index contributed by atoms with van der Waals surface area (Å²) in [5, 5.41) is 4.29. The Balaban J connectivity index is 2.26. The molecule has 3 aromatic rings. The van der Waals surface area contributed by atoms with Gasteiger partial charge in [-0.15, -0.1) is 0 Å². The first kappa shape index (κ1) is 21.4. The second kappa shape index (κ2) is 10.5. The maximum atomic E-state index is 2.48. The van der Waals surface area contributed by atoms with Gasteiger partial charge in [-0.3, -0.25) is 0 Å². The smallest absolute Gasteiger partial charge is 0.0450 e. The van der Waals surface area contributed by atoms with Crippen molar-refractivity contribution in [2.45, 2.75) is 27.7 Å². The molecule has 0 aliphatic carbocycles. The fraction of sp³-hybridized carbons (Fsp3) is 0.308. The van der Waals surface area contributed by atoms with Crippen LogP contribution in [0.3, 0.4) is 0 Å². The molecule has 0 atom stereocenters. The quantitative estimate of drug-likeness (QED) is 0.456. The molecule has 2 nitrogen and oxygen atoms in total. The highest BCUT2D eigenvalue weighted by atomic mass is 31.1. The van der Waals surface area contributed by atoms with E-state index < -0.39 is 7.92 Å². The van der Waals surface area contributed by atoms with Gasteiger partial charge >= 0.3 is 0 Å². The Morgan fingerprint density at radius 1 is 0.517 bits per heavy atom. The molecule has 3 aromatic carbocycles. The van der Waals surface area contributed by atoms with Gasteiger partial charge in [0.05, 0.1) is 0 Å². The first-order chi connectivity index (χ1) is 14.2. The van der Waals surface area contributed by atoms with Crippen LogP contribution in [0.1, 0.15) is 27.7 Å². The fourth-order valence-electron chi connectivity index (χ4n) is 3.95. The molecule has 0 heterocycles. The van der Waals surface area contributed by atoms with Gasteiger partial charge in [0.1, 0.15) is 0 Å². The van der Waals surface area contributed by atoms with Gasteiger partial charge in [0.2, 0.25) is 0 Å². The minimum atomic E-state index is -0.659. The van der Waals surface area contributed by atoms with E-state index in [9.17, 15) is 0 Å². The van der Waals surface area contributed by atoms with Crippen molar-refractivity contribution in [2.24, 2.45) is 0 Å². The van der Waals surface area contributed by atoms with Crippen molar-refractivity contribution < 1.29 is 0 Å². The summed E-state index contributed by atoms with van der Waals surface area (Å²) in [5.41, 5.74) is 2.73. The standard InChI is InChI=1S/C26H33N2P/c1-5-27(6-2)23-18-12-14-20-25(23)29(22-16-10-9-11-17-22)26-21-15-13-19-24(26)28(7-3)8-4/h9-21H,5-8H2,1-4H3. The summed E-state index contributed by atoms with van der Waals surface area (Å²) in [6.07, 6.45) is 0. The predicted molar refractivity (Wildman–Crippen MR) is 132 cm³/mol. The molecule has 0 saturated heterocycles. The van der Waals surface area contributed by atoms with E-state index in [0.29, 0.717) is 0 Å². The van der Waals surface area contributed by atoms with Crippen molar-refractivity contribution in [2.75, 3.05) is 36.0 Å². The highest BCUT2D eigenvalue weighted by molar-refractivity contribution is 7.80. The van der Waals surface area contributed by atoms with Crippen LogP contribution >= 0.6 is 7.92 Å². The van der Waals surface area contributed by atoms with Crippen LogP contribution in [0, 0.1) is 0 Å².